The molecule has 0 spiro atoms. The van der Waals surface area contributed by atoms with E-state index in [0.29, 0.717) is 5.82 Å². The number of rotatable bonds is 6. The van der Waals surface area contributed by atoms with Crippen molar-refractivity contribution in [3.63, 3.8) is 0 Å². The van der Waals surface area contributed by atoms with Crippen LogP contribution in [0.4, 0.5) is 8.78 Å². The van der Waals surface area contributed by atoms with Crippen LogP contribution in [0, 0.1) is 0 Å². The summed E-state index contributed by atoms with van der Waals surface area (Å²) in [6.07, 6.45) is 8.74. The molecule has 2 aromatic heterocycles. The lowest BCUT2D eigenvalue weighted by Gasteiger charge is -2.10. The molecule has 0 amide bonds. The molecule has 2 heterocycles. The Labute approximate surface area is 148 Å². The van der Waals surface area contributed by atoms with E-state index < -0.39 is 6.61 Å². The summed E-state index contributed by atoms with van der Waals surface area (Å²) in [5.41, 5.74) is 2.38. The van der Waals surface area contributed by atoms with Gasteiger partial charge in [0.05, 0.1) is 19.0 Å². The van der Waals surface area contributed by atoms with Crippen molar-refractivity contribution < 1.29 is 18.3 Å². The van der Waals surface area contributed by atoms with Crippen LogP contribution in [0.5, 0.6) is 11.5 Å². The molecule has 0 aliphatic rings. The standard InChI is InChI=1S/C18H16F2N4O2/c1-24-11-13(10-22-24)14-7-8-21-17(23-14)6-4-12-3-5-15(26-18(19)20)16(9-12)25-2/h3-11,18H,1-2H3/b6-4+. The van der Waals surface area contributed by atoms with Gasteiger partial charge in [0.25, 0.3) is 0 Å². The lowest BCUT2D eigenvalue weighted by atomic mass is 10.2. The van der Waals surface area contributed by atoms with Crippen LogP contribution in [0.2, 0.25) is 0 Å². The molecule has 0 bridgehead atoms. The maximum absolute atomic E-state index is 12.4. The first-order valence-corrected chi connectivity index (χ1v) is 7.68. The number of aromatic nitrogens is 4. The minimum Gasteiger partial charge on any atom is -0.493 e. The maximum atomic E-state index is 12.4. The van der Waals surface area contributed by atoms with Crippen LogP contribution >= 0.6 is 0 Å². The van der Waals surface area contributed by atoms with Gasteiger partial charge in [-0.25, -0.2) is 9.97 Å². The maximum Gasteiger partial charge on any atom is 0.387 e. The van der Waals surface area contributed by atoms with Crippen LogP contribution in [0.3, 0.4) is 0 Å². The highest BCUT2D eigenvalue weighted by Gasteiger charge is 2.10. The van der Waals surface area contributed by atoms with E-state index in [2.05, 4.69) is 19.8 Å². The van der Waals surface area contributed by atoms with Crippen molar-refractivity contribution >= 4 is 12.2 Å². The summed E-state index contributed by atoms with van der Waals surface area (Å²) in [5.74, 6) is 0.713. The zero-order chi connectivity index (χ0) is 18.5. The largest absolute Gasteiger partial charge is 0.493 e. The summed E-state index contributed by atoms with van der Waals surface area (Å²) in [7, 11) is 3.22. The van der Waals surface area contributed by atoms with Crippen molar-refractivity contribution in [2.24, 2.45) is 7.05 Å². The van der Waals surface area contributed by atoms with Gasteiger partial charge >= 0.3 is 6.61 Å². The van der Waals surface area contributed by atoms with E-state index >= 15 is 0 Å². The Balaban J connectivity index is 1.81. The van der Waals surface area contributed by atoms with Crippen LogP contribution < -0.4 is 9.47 Å². The second kappa shape index (κ2) is 7.73. The first kappa shape index (κ1) is 17.5. The van der Waals surface area contributed by atoms with Gasteiger partial charge in [0.15, 0.2) is 17.3 Å². The molecule has 6 nitrogen and oxygen atoms in total. The summed E-state index contributed by atoms with van der Waals surface area (Å²) >= 11 is 0. The van der Waals surface area contributed by atoms with Gasteiger partial charge in [-0.3, -0.25) is 4.68 Å². The highest BCUT2D eigenvalue weighted by atomic mass is 19.3. The topological polar surface area (TPSA) is 62.1 Å². The predicted molar refractivity (Wildman–Crippen MR) is 92.8 cm³/mol. The van der Waals surface area contributed by atoms with Crippen LogP contribution in [0.1, 0.15) is 11.4 Å². The van der Waals surface area contributed by atoms with E-state index in [1.807, 2.05) is 13.2 Å². The molecule has 0 saturated heterocycles. The zero-order valence-electron chi connectivity index (χ0n) is 14.1. The van der Waals surface area contributed by atoms with E-state index in [1.165, 1.54) is 13.2 Å². The van der Waals surface area contributed by atoms with E-state index in [4.69, 9.17) is 4.74 Å². The van der Waals surface area contributed by atoms with Gasteiger partial charge in [0.2, 0.25) is 0 Å². The van der Waals surface area contributed by atoms with Crippen molar-refractivity contribution in [2.45, 2.75) is 6.61 Å². The third-order valence-corrected chi connectivity index (χ3v) is 3.50. The molecule has 26 heavy (non-hydrogen) atoms. The van der Waals surface area contributed by atoms with Crippen molar-refractivity contribution in [2.75, 3.05) is 7.11 Å². The summed E-state index contributed by atoms with van der Waals surface area (Å²) in [5, 5.41) is 4.12. The van der Waals surface area contributed by atoms with Crippen LogP contribution in [0.15, 0.2) is 42.9 Å². The predicted octanol–water partition coefficient (Wildman–Crippen LogP) is 3.66. The number of hydrogen-bond acceptors (Lipinski definition) is 5. The van der Waals surface area contributed by atoms with E-state index in [9.17, 15) is 8.78 Å². The molecule has 0 N–H and O–H groups in total. The molecule has 0 radical (unpaired) electrons. The molecular weight excluding hydrogens is 342 g/mol. The minimum absolute atomic E-state index is 0.0190. The third-order valence-electron chi connectivity index (χ3n) is 3.50. The van der Waals surface area contributed by atoms with Crippen molar-refractivity contribution in [3.8, 4) is 22.8 Å². The van der Waals surface area contributed by atoms with E-state index in [1.54, 1.807) is 47.4 Å². The number of ether oxygens (including phenoxy) is 2. The minimum atomic E-state index is -2.91. The number of hydrogen-bond donors (Lipinski definition) is 0. The smallest absolute Gasteiger partial charge is 0.387 e. The molecule has 0 saturated carbocycles. The Hall–Kier alpha value is -3.29. The van der Waals surface area contributed by atoms with E-state index in [-0.39, 0.29) is 11.5 Å². The molecule has 3 aromatic rings. The molecule has 1 aromatic carbocycles. The normalized spacial score (nSPS) is 11.3. The second-order valence-corrected chi connectivity index (χ2v) is 5.32. The Bertz CT molecular complexity index is 925. The van der Waals surface area contributed by atoms with Gasteiger partial charge in [-0.1, -0.05) is 12.1 Å². The number of methoxy groups -OCH3 is 1. The van der Waals surface area contributed by atoms with Crippen LogP contribution in [-0.4, -0.2) is 33.5 Å². The number of alkyl halides is 2. The average molecular weight is 358 g/mol. The Kier molecular flexibility index (Phi) is 5.21. The molecule has 0 aliphatic heterocycles. The van der Waals surface area contributed by atoms with Gasteiger partial charge in [-0.2, -0.15) is 13.9 Å². The molecule has 0 unspecified atom stereocenters. The molecule has 0 fully saturated rings. The third kappa shape index (κ3) is 4.21. The quantitative estimate of drug-likeness (QED) is 0.673. The van der Waals surface area contributed by atoms with Gasteiger partial charge in [0, 0.05) is 25.0 Å². The Morgan fingerprint density at radius 2 is 2.00 bits per heavy atom. The molecule has 134 valence electrons. The van der Waals surface area contributed by atoms with E-state index in [0.717, 1.165) is 16.8 Å². The molecule has 3 rings (SSSR count). The average Bonchev–Trinajstić information content (AvgIpc) is 3.07. The highest BCUT2D eigenvalue weighted by Crippen LogP contribution is 2.30. The van der Waals surface area contributed by atoms with Crippen molar-refractivity contribution in [1.82, 2.24) is 19.7 Å². The zero-order valence-corrected chi connectivity index (χ0v) is 14.1. The van der Waals surface area contributed by atoms with Crippen molar-refractivity contribution in [1.29, 1.82) is 0 Å². The number of nitrogens with zero attached hydrogens (tertiary/aromatic N) is 4. The fourth-order valence-corrected chi connectivity index (χ4v) is 2.32. The number of halogens is 2. The Morgan fingerprint density at radius 1 is 1.15 bits per heavy atom. The number of aryl methyl sites for hydroxylation is 1. The molecular formula is C18H16F2N4O2. The first-order chi connectivity index (χ1) is 12.5. The highest BCUT2D eigenvalue weighted by molar-refractivity contribution is 5.69. The summed E-state index contributed by atoms with van der Waals surface area (Å²) in [4.78, 5) is 8.67. The van der Waals surface area contributed by atoms with Gasteiger partial charge < -0.3 is 9.47 Å². The fraction of sp³-hybridized carbons (Fsp3) is 0.167. The van der Waals surface area contributed by atoms with Gasteiger partial charge in [-0.05, 0) is 29.8 Å². The molecule has 8 heteroatoms. The van der Waals surface area contributed by atoms with Crippen molar-refractivity contribution in [3.05, 3.63) is 54.2 Å². The van der Waals surface area contributed by atoms with Gasteiger partial charge in [0.1, 0.15) is 0 Å². The SMILES string of the molecule is COc1cc(/C=C/c2nccc(-c3cnn(C)c3)n2)ccc1OC(F)F. The Morgan fingerprint density at radius 3 is 2.69 bits per heavy atom. The lowest BCUT2D eigenvalue weighted by molar-refractivity contribution is -0.0512. The summed E-state index contributed by atoms with van der Waals surface area (Å²) < 4.78 is 35.9. The second-order valence-electron chi connectivity index (χ2n) is 5.32. The van der Waals surface area contributed by atoms with Crippen LogP contribution in [0.25, 0.3) is 23.4 Å². The summed E-state index contributed by atoms with van der Waals surface area (Å²) in [6.45, 7) is -2.91. The number of benzene rings is 1. The first-order valence-electron chi connectivity index (χ1n) is 7.68. The fourth-order valence-electron chi connectivity index (χ4n) is 2.32. The summed E-state index contributed by atoms with van der Waals surface area (Å²) in [6, 6.07) is 6.46. The molecule has 0 aliphatic carbocycles. The van der Waals surface area contributed by atoms with Crippen LogP contribution in [-0.2, 0) is 7.05 Å². The van der Waals surface area contributed by atoms with Gasteiger partial charge in [-0.15, -0.1) is 0 Å². The monoisotopic (exact) mass is 358 g/mol. The molecule has 0 atom stereocenters. The lowest BCUT2D eigenvalue weighted by Crippen LogP contribution is -2.03.